The van der Waals surface area contributed by atoms with E-state index in [9.17, 15) is 28.8 Å². The predicted molar refractivity (Wildman–Crippen MR) is 208 cm³/mol. The van der Waals surface area contributed by atoms with Crippen LogP contribution in [0.4, 0.5) is 0 Å². The Bertz CT molecular complexity index is 2390. The third kappa shape index (κ3) is 7.28. The Kier molecular flexibility index (Phi) is 10.5. The molecule has 3 atom stereocenters. The Balaban J connectivity index is 0.790. The molecule has 8 rings (SSSR count). The van der Waals surface area contributed by atoms with Crippen LogP contribution in [0, 0.1) is 5.41 Å². The largest absolute Gasteiger partial charge is 0.496 e. The molecule has 16 nitrogen and oxygen atoms in total. The summed E-state index contributed by atoms with van der Waals surface area (Å²) in [5, 5.41) is 6.70. The summed E-state index contributed by atoms with van der Waals surface area (Å²) < 4.78 is 24.7. The minimum absolute atomic E-state index is 0.0211. The number of amides is 5. The molecule has 1 aliphatic carbocycles. The molecular formula is C42H44N6O10. The van der Waals surface area contributed by atoms with E-state index in [1.807, 2.05) is 24.4 Å². The van der Waals surface area contributed by atoms with Crippen LogP contribution < -0.4 is 30.4 Å². The van der Waals surface area contributed by atoms with Gasteiger partial charge in [-0.15, -0.1) is 0 Å². The van der Waals surface area contributed by atoms with Gasteiger partial charge in [0.05, 0.1) is 49.5 Å². The number of aromatic nitrogens is 2. The molecule has 4 aliphatic rings. The van der Waals surface area contributed by atoms with E-state index in [4.69, 9.17) is 18.9 Å². The first-order valence-corrected chi connectivity index (χ1v) is 19.3. The van der Waals surface area contributed by atoms with Gasteiger partial charge < -0.3 is 28.8 Å². The molecule has 1 spiro atoms. The second kappa shape index (κ2) is 15.7. The summed E-state index contributed by atoms with van der Waals surface area (Å²) >= 11 is 0. The van der Waals surface area contributed by atoms with Gasteiger partial charge in [0, 0.05) is 68.6 Å². The van der Waals surface area contributed by atoms with Crippen molar-refractivity contribution >= 4 is 40.3 Å². The van der Waals surface area contributed by atoms with Gasteiger partial charge in [-0.25, -0.2) is 0 Å². The van der Waals surface area contributed by atoms with Gasteiger partial charge in [-0.05, 0) is 73.2 Å². The number of nitrogens with zero attached hydrogens (tertiary/aromatic N) is 4. The first-order valence-electron chi connectivity index (χ1n) is 19.3. The number of imide groups is 2. The normalized spacial score (nSPS) is 21.4. The van der Waals surface area contributed by atoms with Crippen LogP contribution in [0.25, 0.3) is 21.9 Å². The molecule has 4 aromatic rings. The zero-order chi connectivity index (χ0) is 40.7. The predicted octanol–water partition coefficient (Wildman–Crippen LogP) is 2.59. The van der Waals surface area contributed by atoms with Crippen molar-refractivity contribution in [2.75, 3.05) is 47.1 Å². The highest BCUT2D eigenvalue weighted by Gasteiger charge is 2.58. The summed E-state index contributed by atoms with van der Waals surface area (Å²) in [6, 6.07) is 9.38. The van der Waals surface area contributed by atoms with E-state index in [0.717, 1.165) is 52.9 Å². The van der Waals surface area contributed by atoms with E-state index < -0.39 is 29.7 Å². The lowest BCUT2D eigenvalue weighted by atomic mass is 9.99. The second-order valence-corrected chi connectivity index (χ2v) is 15.3. The molecule has 1 saturated carbocycles. The lowest BCUT2D eigenvalue weighted by Crippen LogP contribution is -2.54. The van der Waals surface area contributed by atoms with E-state index in [1.54, 1.807) is 44.3 Å². The van der Waals surface area contributed by atoms with Crippen LogP contribution in [0.1, 0.15) is 58.4 Å². The molecule has 16 heteroatoms. The van der Waals surface area contributed by atoms with Crippen molar-refractivity contribution in [1.82, 2.24) is 30.0 Å². The van der Waals surface area contributed by atoms with Gasteiger partial charge in [-0.2, -0.15) is 0 Å². The lowest BCUT2D eigenvalue weighted by molar-refractivity contribution is -0.136. The van der Waals surface area contributed by atoms with Gasteiger partial charge in [0.1, 0.15) is 29.9 Å². The second-order valence-electron chi connectivity index (χ2n) is 15.3. The molecule has 2 aromatic heterocycles. The molecular weight excluding hydrogens is 748 g/mol. The topological polar surface area (TPSA) is 188 Å². The average Bonchev–Trinajstić information content (AvgIpc) is 3.60. The molecule has 0 bridgehead atoms. The molecule has 2 unspecified atom stereocenters. The monoisotopic (exact) mass is 792 g/mol. The average molecular weight is 793 g/mol. The number of rotatable bonds is 14. The molecule has 3 aliphatic heterocycles. The number of hydrogen-bond donors (Lipinski definition) is 2. The number of carbonyl (C=O) groups is 5. The molecule has 302 valence electrons. The maximum absolute atomic E-state index is 13.1. The van der Waals surface area contributed by atoms with E-state index in [0.29, 0.717) is 29.2 Å². The van der Waals surface area contributed by atoms with Crippen LogP contribution in [0.5, 0.6) is 17.2 Å². The molecule has 0 radical (unpaired) electrons. The number of ether oxygens (including phenoxy) is 4. The third-order valence-corrected chi connectivity index (χ3v) is 11.7. The Morgan fingerprint density at radius 3 is 2.48 bits per heavy atom. The third-order valence-electron chi connectivity index (χ3n) is 11.7. The van der Waals surface area contributed by atoms with Crippen molar-refractivity contribution in [1.29, 1.82) is 0 Å². The Labute approximate surface area is 333 Å². The first-order chi connectivity index (χ1) is 28.0. The van der Waals surface area contributed by atoms with E-state index >= 15 is 0 Å². The molecule has 5 heterocycles. The molecule has 2 aromatic carbocycles. The fourth-order valence-electron chi connectivity index (χ4n) is 8.47. The maximum atomic E-state index is 13.1. The van der Waals surface area contributed by atoms with Gasteiger partial charge in [-0.1, -0.05) is 0 Å². The summed E-state index contributed by atoms with van der Waals surface area (Å²) in [6.45, 7) is 2.88. The van der Waals surface area contributed by atoms with Crippen LogP contribution in [-0.4, -0.2) is 108 Å². The number of nitrogens with one attached hydrogen (secondary N) is 2. The highest BCUT2D eigenvalue weighted by atomic mass is 16.5. The maximum Gasteiger partial charge on any atom is 0.262 e. The van der Waals surface area contributed by atoms with Crippen molar-refractivity contribution in [3.8, 4) is 28.4 Å². The summed E-state index contributed by atoms with van der Waals surface area (Å²) in [5.41, 5.74) is 2.87. The lowest BCUT2D eigenvalue weighted by Gasteiger charge is -2.27. The van der Waals surface area contributed by atoms with Gasteiger partial charge in [-0.3, -0.25) is 48.9 Å². The zero-order valence-corrected chi connectivity index (χ0v) is 32.5. The van der Waals surface area contributed by atoms with E-state index in [1.165, 1.54) is 12.1 Å². The molecule has 2 N–H and O–H groups in total. The van der Waals surface area contributed by atoms with Crippen molar-refractivity contribution in [2.24, 2.45) is 12.5 Å². The number of hydrogen-bond acceptors (Lipinski definition) is 12. The summed E-state index contributed by atoms with van der Waals surface area (Å²) in [5.74, 6) is -0.631. The molecule has 5 amide bonds. The van der Waals surface area contributed by atoms with Crippen molar-refractivity contribution < 1.29 is 42.9 Å². The SMILES string of the molecule is COc1cc(-c2cn(C)c(=O)c3cnccc23)cc(OC)c1CN1CCC2(C[C@@H]2NC(=O)CCOCCOc2ccc3c(c2)C(=O)N(C2CCC(=O)NC2=O)C3=O)C1. The van der Waals surface area contributed by atoms with Crippen molar-refractivity contribution in [3.05, 3.63) is 82.0 Å². The van der Waals surface area contributed by atoms with E-state index in [2.05, 4.69) is 20.5 Å². The standard InChI is InChI=1S/C42H44N6O10/c1-46-21-30(26-8-11-43-20-29(26)39(46)52)24-16-33(55-2)31(34(17-24)56-3)22-47-12-10-42(23-47)19-35(42)44-37(50)9-13-57-14-15-58-25-4-5-27-28(18-25)41(54)48(40(27)53)32-6-7-36(49)45-38(32)51/h4-5,8,11,16-18,20-21,32,35H,6-7,9-10,12-15,19,22-23H2,1-3H3,(H,44,50)(H,45,49,51)/t32?,35-,42?/m0/s1. The molecule has 58 heavy (non-hydrogen) atoms. The molecule has 3 fully saturated rings. The van der Waals surface area contributed by atoms with Crippen LogP contribution in [0.3, 0.4) is 0 Å². The number of methoxy groups -OCH3 is 2. The van der Waals surface area contributed by atoms with Crippen LogP contribution in [0.15, 0.2) is 59.8 Å². The number of carbonyl (C=O) groups excluding carboxylic acids is 5. The van der Waals surface area contributed by atoms with Crippen molar-refractivity contribution in [3.63, 3.8) is 0 Å². The first kappa shape index (κ1) is 38.7. The quantitative estimate of drug-likeness (QED) is 0.141. The van der Waals surface area contributed by atoms with Gasteiger partial charge in [0.15, 0.2) is 0 Å². The number of pyridine rings is 2. The highest BCUT2D eigenvalue weighted by Crippen LogP contribution is 2.53. The van der Waals surface area contributed by atoms with Gasteiger partial charge in [0.25, 0.3) is 17.4 Å². The number of benzene rings is 2. The van der Waals surface area contributed by atoms with E-state index in [-0.39, 0.29) is 73.1 Å². The van der Waals surface area contributed by atoms with Crippen LogP contribution >= 0.6 is 0 Å². The summed E-state index contributed by atoms with van der Waals surface area (Å²) in [6.07, 6.45) is 7.28. The number of piperidine rings is 1. The Morgan fingerprint density at radius 1 is 0.948 bits per heavy atom. The van der Waals surface area contributed by atoms with Crippen molar-refractivity contribution in [2.45, 2.75) is 50.7 Å². The number of aryl methyl sites for hydroxylation is 1. The minimum Gasteiger partial charge on any atom is -0.496 e. The zero-order valence-electron chi connectivity index (χ0n) is 32.5. The fourth-order valence-corrected chi connectivity index (χ4v) is 8.47. The minimum atomic E-state index is -1.04. The Hall–Kier alpha value is -6.13. The fraction of sp³-hybridized carbons (Fsp3) is 0.405. The van der Waals surface area contributed by atoms with Gasteiger partial charge in [0.2, 0.25) is 17.7 Å². The smallest absolute Gasteiger partial charge is 0.262 e. The number of likely N-dealkylation sites (tertiary alicyclic amines) is 1. The summed E-state index contributed by atoms with van der Waals surface area (Å²) in [4.78, 5) is 82.9. The number of fused-ring (bicyclic) bond motifs is 2. The summed E-state index contributed by atoms with van der Waals surface area (Å²) in [7, 11) is 5.01. The van der Waals surface area contributed by atoms with Crippen LogP contribution in [0.2, 0.25) is 0 Å². The van der Waals surface area contributed by atoms with Gasteiger partial charge >= 0.3 is 0 Å². The highest BCUT2D eigenvalue weighted by molar-refractivity contribution is 6.23. The Morgan fingerprint density at radius 2 is 1.72 bits per heavy atom. The molecule has 2 saturated heterocycles. The van der Waals surface area contributed by atoms with Crippen LogP contribution in [-0.2, 0) is 32.7 Å².